The predicted molar refractivity (Wildman–Crippen MR) is 107 cm³/mol. The van der Waals surface area contributed by atoms with Gasteiger partial charge in [0.25, 0.3) is 0 Å². The molecule has 1 aromatic rings. The number of benzene rings is 1. The maximum Gasteiger partial charge on any atom is 0.344 e. The van der Waals surface area contributed by atoms with Crippen LogP contribution in [0, 0.1) is 0 Å². The molecule has 1 aliphatic rings. The molecule has 0 radical (unpaired) electrons. The zero-order chi connectivity index (χ0) is 20.0. The number of ether oxygens (including phenoxy) is 3. The van der Waals surface area contributed by atoms with Crippen molar-refractivity contribution in [1.29, 1.82) is 0 Å². The standard InChI is InChI=1S/C18H21BrN2O5S/c1-4-24-14(22)9-26-13-7-6-11(19)8-12(13)16-15(17(23)25-5-2)10(3)20-18(27)21-16/h6-8,16H,4-5,9H2,1-3H3,(H2,20,21,27)/t16-/m1/s1. The Balaban J connectivity index is 2.42. The second-order valence-corrected chi connectivity index (χ2v) is 6.89. The molecule has 0 aromatic heterocycles. The summed E-state index contributed by atoms with van der Waals surface area (Å²) in [6.07, 6.45) is 0. The number of nitrogens with one attached hydrogen (secondary N) is 2. The number of hydrogen-bond donors (Lipinski definition) is 2. The molecule has 0 aliphatic carbocycles. The van der Waals surface area contributed by atoms with Gasteiger partial charge in [0.15, 0.2) is 11.7 Å². The average Bonchev–Trinajstić information content (AvgIpc) is 2.60. The lowest BCUT2D eigenvalue weighted by atomic mass is 9.95. The van der Waals surface area contributed by atoms with E-state index in [0.717, 1.165) is 4.47 Å². The normalized spacial score (nSPS) is 16.3. The first kappa shape index (κ1) is 21.2. The molecule has 0 unspecified atom stereocenters. The first-order valence-corrected chi connectivity index (χ1v) is 9.60. The minimum absolute atomic E-state index is 0.241. The number of thiocarbonyl (C=S) groups is 1. The van der Waals surface area contributed by atoms with Gasteiger partial charge in [-0.15, -0.1) is 0 Å². The lowest BCUT2D eigenvalue weighted by Gasteiger charge is -2.30. The molecule has 1 heterocycles. The monoisotopic (exact) mass is 456 g/mol. The van der Waals surface area contributed by atoms with E-state index in [4.69, 9.17) is 26.4 Å². The van der Waals surface area contributed by atoms with E-state index >= 15 is 0 Å². The highest BCUT2D eigenvalue weighted by Crippen LogP contribution is 2.35. The topological polar surface area (TPSA) is 85.9 Å². The van der Waals surface area contributed by atoms with Crippen molar-refractivity contribution >= 4 is 45.2 Å². The van der Waals surface area contributed by atoms with E-state index in [9.17, 15) is 9.59 Å². The molecule has 0 amide bonds. The van der Waals surface area contributed by atoms with Crippen LogP contribution in [0.5, 0.6) is 5.75 Å². The number of allylic oxidation sites excluding steroid dienone is 1. The van der Waals surface area contributed by atoms with Crippen LogP contribution in [0.4, 0.5) is 0 Å². The number of carbonyl (C=O) groups excluding carboxylic acids is 2. The molecule has 7 nitrogen and oxygen atoms in total. The second kappa shape index (κ2) is 9.70. The van der Waals surface area contributed by atoms with E-state index in [-0.39, 0.29) is 19.8 Å². The SMILES string of the molecule is CCOC(=O)COc1ccc(Br)cc1[C@H]1NC(=S)NC(C)=C1C(=O)OCC. The Hall–Kier alpha value is -2.13. The van der Waals surface area contributed by atoms with Gasteiger partial charge in [0, 0.05) is 15.7 Å². The van der Waals surface area contributed by atoms with Gasteiger partial charge in [0.05, 0.1) is 24.8 Å². The van der Waals surface area contributed by atoms with Crippen molar-refractivity contribution in [3.05, 3.63) is 39.5 Å². The van der Waals surface area contributed by atoms with Crippen LogP contribution >= 0.6 is 28.1 Å². The lowest BCUT2D eigenvalue weighted by Crippen LogP contribution is -2.45. The molecule has 0 saturated carbocycles. The Labute approximate surface area is 171 Å². The molecule has 0 saturated heterocycles. The molecule has 0 spiro atoms. The van der Waals surface area contributed by atoms with E-state index in [1.165, 1.54) is 0 Å². The Morgan fingerprint density at radius 3 is 2.59 bits per heavy atom. The molecule has 1 aromatic carbocycles. The third-order valence-electron chi connectivity index (χ3n) is 3.70. The van der Waals surface area contributed by atoms with Gasteiger partial charge in [-0.05, 0) is 51.2 Å². The van der Waals surface area contributed by atoms with Crippen molar-refractivity contribution < 1.29 is 23.8 Å². The van der Waals surface area contributed by atoms with E-state index in [1.54, 1.807) is 39.0 Å². The summed E-state index contributed by atoms with van der Waals surface area (Å²) < 4.78 is 16.5. The van der Waals surface area contributed by atoms with Gasteiger partial charge in [0.1, 0.15) is 5.75 Å². The molecular weight excluding hydrogens is 436 g/mol. The van der Waals surface area contributed by atoms with Crippen molar-refractivity contribution in [3.8, 4) is 5.75 Å². The van der Waals surface area contributed by atoms with Gasteiger partial charge in [-0.1, -0.05) is 15.9 Å². The number of rotatable bonds is 7. The first-order valence-electron chi connectivity index (χ1n) is 8.40. The highest BCUT2D eigenvalue weighted by Gasteiger charge is 2.33. The minimum atomic E-state index is -0.590. The first-order chi connectivity index (χ1) is 12.9. The summed E-state index contributed by atoms with van der Waals surface area (Å²) >= 11 is 8.68. The van der Waals surface area contributed by atoms with E-state index in [0.29, 0.717) is 27.7 Å². The van der Waals surface area contributed by atoms with Crippen LogP contribution in [0.25, 0.3) is 0 Å². The summed E-state index contributed by atoms with van der Waals surface area (Å²) in [5.74, 6) is -0.501. The molecule has 2 N–H and O–H groups in total. The number of hydrogen-bond acceptors (Lipinski definition) is 6. The van der Waals surface area contributed by atoms with Crippen molar-refractivity contribution in [2.45, 2.75) is 26.8 Å². The van der Waals surface area contributed by atoms with Gasteiger partial charge in [-0.2, -0.15) is 0 Å². The van der Waals surface area contributed by atoms with E-state index < -0.39 is 18.0 Å². The van der Waals surface area contributed by atoms with Crippen molar-refractivity contribution in [1.82, 2.24) is 10.6 Å². The Morgan fingerprint density at radius 1 is 1.22 bits per heavy atom. The van der Waals surface area contributed by atoms with E-state index in [1.807, 2.05) is 0 Å². The zero-order valence-electron chi connectivity index (χ0n) is 15.3. The zero-order valence-corrected chi connectivity index (χ0v) is 17.7. The minimum Gasteiger partial charge on any atom is -0.482 e. The Morgan fingerprint density at radius 2 is 1.93 bits per heavy atom. The fourth-order valence-electron chi connectivity index (χ4n) is 2.62. The fourth-order valence-corrected chi connectivity index (χ4v) is 3.27. The number of carbonyl (C=O) groups is 2. The highest BCUT2D eigenvalue weighted by atomic mass is 79.9. The summed E-state index contributed by atoms with van der Waals surface area (Å²) in [4.78, 5) is 24.2. The van der Waals surface area contributed by atoms with Crippen LogP contribution in [0.1, 0.15) is 32.4 Å². The predicted octanol–water partition coefficient (Wildman–Crippen LogP) is 2.75. The van der Waals surface area contributed by atoms with Crippen molar-refractivity contribution in [2.24, 2.45) is 0 Å². The van der Waals surface area contributed by atoms with Gasteiger partial charge in [-0.3, -0.25) is 0 Å². The van der Waals surface area contributed by atoms with Crippen molar-refractivity contribution in [2.75, 3.05) is 19.8 Å². The molecule has 27 heavy (non-hydrogen) atoms. The molecular formula is C18H21BrN2O5S. The summed E-state index contributed by atoms with van der Waals surface area (Å²) in [6.45, 7) is 5.50. The maximum atomic E-state index is 12.5. The summed E-state index contributed by atoms with van der Waals surface area (Å²) in [5.41, 5.74) is 1.63. The van der Waals surface area contributed by atoms with Gasteiger partial charge in [-0.25, -0.2) is 9.59 Å². The second-order valence-electron chi connectivity index (χ2n) is 5.57. The largest absolute Gasteiger partial charge is 0.482 e. The van der Waals surface area contributed by atoms with Crippen LogP contribution in [-0.2, 0) is 19.1 Å². The third kappa shape index (κ3) is 5.43. The molecule has 0 bridgehead atoms. The van der Waals surface area contributed by atoms with Gasteiger partial charge >= 0.3 is 11.9 Å². The highest BCUT2D eigenvalue weighted by molar-refractivity contribution is 9.10. The Kier molecular flexibility index (Phi) is 7.61. The molecule has 2 rings (SSSR count). The van der Waals surface area contributed by atoms with E-state index in [2.05, 4.69) is 26.6 Å². The van der Waals surface area contributed by atoms with Gasteiger partial charge in [0.2, 0.25) is 0 Å². The molecule has 0 fully saturated rings. The smallest absolute Gasteiger partial charge is 0.344 e. The summed E-state index contributed by atoms with van der Waals surface area (Å²) in [6, 6.07) is 4.71. The third-order valence-corrected chi connectivity index (χ3v) is 4.41. The van der Waals surface area contributed by atoms with Crippen LogP contribution in [0.3, 0.4) is 0 Å². The quantitative estimate of drug-likeness (QED) is 0.478. The fraction of sp³-hybridized carbons (Fsp3) is 0.389. The number of halogens is 1. The van der Waals surface area contributed by atoms with Crippen LogP contribution in [0.2, 0.25) is 0 Å². The van der Waals surface area contributed by atoms with Crippen LogP contribution < -0.4 is 15.4 Å². The Bertz CT molecular complexity index is 781. The van der Waals surface area contributed by atoms with Crippen LogP contribution in [0.15, 0.2) is 33.9 Å². The summed E-state index contributed by atoms with van der Waals surface area (Å²) in [7, 11) is 0. The summed E-state index contributed by atoms with van der Waals surface area (Å²) in [5, 5.41) is 6.40. The number of esters is 2. The van der Waals surface area contributed by atoms with Gasteiger partial charge < -0.3 is 24.8 Å². The molecule has 1 aliphatic heterocycles. The lowest BCUT2D eigenvalue weighted by molar-refractivity contribution is -0.145. The maximum absolute atomic E-state index is 12.5. The van der Waals surface area contributed by atoms with Crippen molar-refractivity contribution in [3.63, 3.8) is 0 Å². The van der Waals surface area contributed by atoms with Crippen LogP contribution in [-0.4, -0.2) is 36.9 Å². The molecule has 1 atom stereocenters. The average molecular weight is 457 g/mol. The molecule has 9 heteroatoms. The molecule has 146 valence electrons.